The molecule has 3 fully saturated rings. The maximum Gasteiger partial charge on any atom is 0.338 e. The Bertz CT molecular complexity index is 1520. The minimum absolute atomic E-state index is 0. The molecule has 0 amide bonds. The molecular formula is C35H42AcO9S. The first-order valence-electron chi connectivity index (χ1n) is 15.6. The third-order valence-electron chi connectivity index (χ3n) is 11.5. The van der Waals surface area contributed by atoms with Crippen LogP contribution in [-0.2, 0) is 23.8 Å². The smallest absolute Gasteiger partial charge is 0.338 e. The first-order valence-corrected chi connectivity index (χ1v) is 16.5. The second kappa shape index (κ2) is 12.8. The molecule has 46 heavy (non-hydrogen) atoms. The summed E-state index contributed by atoms with van der Waals surface area (Å²) in [6.07, 6.45) is -3.78. The normalized spacial score (nSPS) is 36.0. The number of benzene rings is 1. The summed E-state index contributed by atoms with van der Waals surface area (Å²) < 4.78 is 18.0. The molecule has 1 aromatic heterocycles. The van der Waals surface area contributed by atoms with Gasteiger partial charge >= 0.3 is 11.9 Å². The predicted molar refractivity (Wildman–Crippen MR) is 165 cm³/mol. The van der Waals surface area contributed by atoms with E-state index in [9.17, 15) is 29.7 Å². The van der Waals surface area contributed by atoms with Crippen LogP contribution in [0.3, 0.4) is 0 Å². The Labute approximate surface area is 309 Å². The minimum atomic E-state index is -1.89. The summed E-state index contributed by atoms with van der Waals surface area (Å²) >= 11 is 1.42. The van der Waals surface area contributed by atoms with Gasteiger partial charge in [0.1, 0.15) is 29.2 Å². The number of ether oxygens (including phenoxy) is 3. The number of carbonyl (C=O) groups excluding carboxylic acids is 3. The van der Waals surface area contributed by atoms with E-state index in [0.717, 1.165) is 4.88 Å². The summed E-state index contributed by atoms with van der Waals surface area (Å²) in [6.45, 7) is 8.87. The molecule has 3 N–H and O–H groups in total. The fourth-order valence-electron chi connectivity index (χ4n) is 8.33. The molecular weight excluding hydrogens is 823 g/mol. The predicted octanol–water partition coefficient (Wildman–Crippen LogP) is 4.35. The molecule has 0 spiro atoms. The summed E-state index contributed by atoms with van der Waals surface area (Å²) in [5.74, 6) is -3.21. The number of hydrogen-bond donors (Lipinski definition) is 3. The second-order valence-electron chi connectivity index (χ2n) is 14.1. The maximum absolute atomic E-state index is 14.4. The van der Waals surface area contributed by atoms with Gasteiger partial charge in [-0.05, 0) is 48.9 Å². The molecule has 7 unspecified atom stereocenters. The van der Waals surface area contributed by atoms with E-state index in [0.29, 0.717) is 24.0 Å². The van der Waals surface area contributed by atoms with Crippen LogP contribution in [0.25, 0.3) is 0 Å². The van der Waals surface area contributed by atoms with E-state index in [-0.39, 0.29) is 74.9 Å². The molecule has 4 aliphatic rings. The van der Waals surface area contributed by atoms with Crippen LogP contribution in [0.15, 0.2) is 59.0 Å². The molecule has 9 nitrogen and oxygen atoms in total. The van der Waals surface area contributed by atoms with Crippen molar-refractivity contribution in [2.24, 2.45) is 16.7 Å². The van der Waals surface area contributed by atoms with Gasteiger partial charge in [0.15, 0.2) is 6.10 Å². The van der Waals surface area contributed by atoms with Gasteiger partial charge in [0.05, 0.1) is 18.3 Å². The topological polar surface area (TPSA) is 140 Å². The molecule has 1 radical (unpaired) electrons. The maximum atomic E-state index is 14.4. The zero-order valence-corrected chi connectivity index (χ0v) is 32.5. The van der Waals surface area contributed by atoms with Gasteiger partial charge in [-0.1, -0.05) is 57.5 Å². The van der Waals surface area contributed by atoms with E-state index in [1.807, 2.05) is 17.5 Å². The van der Waals surface area contributed by atoms with Crippen molar-refractivity contribution in [3.05, 3.63) is 69.4 Å². The van der Waals surface area contributed by atoms with Crippen LogP contribution in [0.5, 0.6) is 0 Å². The molecule has 245 valence electrons. The SMILES string of the molecule is CC1=C2CC(=O)[C@]3(C)CCC4OC[C@@]4(O)C3C(OC(=O)c3ccccc3)C(O)(CC1OC(=O)C(O)C(C)c1cccs1)C2(C)C.[Ac]. The standard InChI is InChI=1S/C35H42O9S.Ac/c1-19-22-16-25(36)33(5)14-13-26-34(40,18-42-26)28(33)29(44-30(38)21-10-7-6-8-11-21)35(41,32(22,3)4)17-23(19)43-31(39)27(37)20(2)24-12-9-15-45-24;/h6-12,15,20,23,26-29,37,40-41H,13-14,16-18H2,1-5H3;/t20?,23?,26?,27?,28?,29?,33-,34-,35?;/m0./s1. The van der Waals surface area contributed by atoms with Gasteiger partial charge < -0.3 is 29.5 Å². The van der Waals surface area contributed by atoms with Gasteiger partial charge in [0, 0.05) is 84.4 Å². The number of carbonyl (C=O) groups is 3. The summed E-state index contributed by atoms with van der Waals surface area (Å²) in [5.41, 5.74) is -4.20. The van der Waals surface area contributed by atoms with Crippen molar-refractivity contribution in [3.8, 4) is 0 Å². The molecule has 2 bridgehead atoms. The van der Waals surface area contributed by atoms with Crippen molar-refractivity contribution >= 4 is 29.1 Å². The Morgan fingerprint density at radius 2 is 1.76 bits per heavy atom. The van der Waals surface area contributed by atoms with Crippen molar-refractivity contribution in [1.29, 1.82) is 0 Å². The van der Waals surface area contributed by atoms with E-state index in [1.165, 1.54) is 11.3 Å². The molecule has 2 saturated carbocycles. The van der Waals surface area contributed by atoms with Crippen molar-refractivity contribution < 1.29 is 88.0 Å². The van der Waals surface area contributed by atoms with Crippen LogP contribution in [0.4, 0.5) is 0 Å². The summed E-state index contributed by atoms with van der Waals surface area (Å²) in [5, 5.41) is 38.0. The van der Waals surface area contributed by atoms with E-state index in [1.54, 1.807) is 65.0 Å². The zero-order valence-electron chi connectivity index (χ0n) is 26.9. The third kappa shape index (κ3) is 5.50. The number of ketones is 1. The Morgan fingerprint density at radius 1 is 1.07 bits per heavy atom. The fraction of sp³-hybridized carbons (Fsp3) is 0.571. The van der Waals surface area contributed by atoms with Gasteiger partial charge in [0.2, 0.25) is 0 Å². The largest absolute Gasteiger partial charge is 0.456 e. The van der Waals surface area contributed by atoms with Gasteiger partial charge in [-0.2, -0.15) is 0 Å². The minimum Gasteiger partial charge on any atom is -0.456 e. The van der Waals surface area contributed by atoms with Crippen LogP contribution in [0, 0.1) is 60.8 Å². The molecule has 9 atom stereocenters. The number of esters is 2. The summed E-state index contributed by atoms with van der Waals surface area (Å²) in [7, 11) is 0. The van der Waals surface area contributed by atoms with Crippen molar-refractivity contribution in [1.82, 2.24) is 0 Å². The zero-order chi connectivity index (χ0) is 32.5. The Morgan fingerprint density at radius 3 is 2.37 bits per heavy atom. The molecule has 1 aliphatic heterocycles. The van der Waals surface area contributed by atoms with E-state index < -0.39 is 70.2 Å². The van der Waals surface area contributed by atoms with Gasteiger partial charge in [-0.3, -0.25) is 4.79 Å². The van der Waals surface area contributed by atoms with E-state index in [4.69, 9.17) is 14.2 Å². The molecule has 3 aliphatic carbocycles. The first-order chi connectivity index (χ1) is 21.1. The number of fused-ring (bicyclic) bond motifs is 5. The molecule has 1 aromatic carbocycles. The van der Waals surface area contributed by atoms with Crippen molar-refractivity contribution in [2.45, 2.75) is 102 Å². The first kappa shape index (κ1) is 35.8. The summed E-state index contributed by atoms with van der Waals surface area (Å²) in [4.78, 5) is 42.3. The Hall–Kier alpha value is -1.45. The van der Waals surface area contributed by atoms with Gasteiger partial charge in [-0.25, -0.2) is 9.59 Å². The fourth-order valence-corrected chi connectivity index (χ4v) is 9.14. The average Bonchev–Trinajstić information content (AvgIpc) is 3.55. The number of rotatable bonds is 6. The van der Waals surface area contributed by atoms with Crippen molar-refractivity contribution in [2.75, 3.05) is 6.61 Å². The van der Waals surface area contributed by atoms with Crippen LogP contribution in [-0.4, -0.2) is 75.3 Å². The number of Topliss-reactive ketones (excluding diaryl/α,β-unsaturated/α-hetero) is 1. The molecule has 2 heterocycles. The Balaban J connectivity index is 0.00000417. The van der Waals surface area contributed by atoms with Crippen LogP contribution >= 0.6 is 11.3 Å². The van der Waals surface area contributed by atoms with Gasteiger partial charge in [0.25, 0.3) is 0 Å². The van der Waals surface area contributed by atoms with Crippen LogP contribution < -0.4 is 0 Å². The molecule has 1 saturated heterocycles. The van der Waals surface area contributed by atoms with Crippen LogP contribution in [0.1, 0.15) is 81.5 Å². The number of aliphatic hydroxyl groups excluding tert-OH is 1. The summed E-state index contributed by atoms with van der Waals surface area (Å²) in [6, 6.07) is 12.1. The molecule has 2 aromatic rings. The Kier molecular flexibility index (Phi) is 9.96. The van der Waals surface area contributed by atoms with Crippen LogP contribution in [0.2, 0.25) is 0 Å². The van der Waals surface area contributed by atoms with Crippen molar-refractivity contribution in [3.63, 3.8) is 0 Å². The number of hydrogen-bond acceptors (Lipinski definition) is 10. The van der Waals surface area contributed by atoms with E-state index >= 15 is 0 Å². The number of aliphatic hydroxyl groups is 3. The monoisotopic (exact) mass is 865 g/mol. The number of thiophene rings is 1. The van der Waals surface area contributed by atoms with Gasteiger partial charge in [-0.15, -0.1) is 11.3 Å². The molecule has 11 heteroatoms. The third-order valence-corrected chi connectivity index (χ3v) is 12.5. The quantitative estimate of drug-likeness (QED) is 0.286. The average molecular weight is 866 g/mol. The molecule has 6 rings (SSSR count). The van der Waals surface area contributed by atoms with E-state index in [2.05, 4.69) is 0 Å². The second-order valence-corrected chi connectivity index (χ2v) is 15.1.